The topological polar surface area (TPSA) is 49.2 Å². The molecule has 1 saturated heterocycles. The Hall–Kier alpha value is -1.88. The molecule has 0 saturated carbocycles. The van der Waals surface area contributed by atoms with Crippen molar-refractivity contribution in [3.63, 3.8) is 0 Å². The van der Waals surface area contributed by atoms with Crippen LogP contribution in [0.4, 0.5) is 0 Å². The smallest absolute Gasteiger partial charge is 0.219 e. The maximum atomic E-state index is 6.08. The van der Waals surface area contributed by atoms with E-state index in [4.69, 9.17) is 9.47 Å². The van der Waals surface area contributed by atoms with Crippen molar-refractivity contribution in [2.45, 2.75) is 38.8 Å². The zero-order chi connectivity index (χ0) is 14.8. The van der Waals surface area contributed by atoms with E-state index in [1.807, 2.05) is 30.1 Å². The van der Waals surface area contributed by atoms with Gasteiger partial charge in [0.1, 0.15) is 6.10 Å². The first kappa shape index (κ1) is 14.1. The number of hydrogen-bond donors (Lipinski definition) is 0. The van der Waals surface area contributed by atoms with E-state index in [0.717, 1.165) is 36.3 Å². The number of aromatic nitrogens is 3. The van der Waals surface area contributed by atoms with Gasteiger partial charge in [-0.1, -0.05) is 0 Å². The first-order chi connectivity index (χ1) is 10.2. The van der Waals surface area contributed by atoms with Gasteiger partial charge in [0.25, 0.3) is 0 Å². The van der Waals surface area contributed by atoms with Crippen molar-refractivity contribution >= 4 is 0 Å². The molecule has 1 aliphatic heterocycles. The Kier molecular flexibility index (Phi) is 3.92. The second-order valence-electron chi connectivity index (χ2n) is 5.49. The van der Waals surface area contributed by atoms with E-state index in [-0.39, 0.29) is 12.1 Å². The normalized spacial score (nSPS) is 22.2. The molecule has 0 N–H and O–H groups in total. The average Bonchev–Trinajstić information content (AvgIpc) is 3.00. The van der Waals surface area contributed by atoms with Crippen molar-refractivity contribution in [2.24, 2.45) is 0 Å². The quantitative estimate of drug-likeness (QED) is 0.870. The van der Waals surface area contributed by atoms with Crippen molar-refractivity contribution in [1.82, 2.24) is 14.8 Å². The fourth-order valence-corrected chi connectivity index (χ4v) is 3.10. The molecule has 0 amide bonds. The standard InChI is InChI=1S/C16H21N3O2/c1-11-10-12(2)18-16(20-3)14(11)15-13(6-4-9-21-15)19-8-5-7-17-19/h5,7-8,10,13,15H,4,6,9H2,1-3H3. The van der Waals surface area contributed by atoms with E-state index >= 15 is 0 Å². The van der Waals surface area contributed by atoms with Crippen LogP contribution in [0.2, 0.25) is 0 Å². The molecule has 3 heterocycles. The second-order valence-corrected chi connectivity index (χ2v) is 5.49. The molecule has 21 heavy (non-hydrogen) atoms. The van der Waals surface area contributed by atoms with Crippen LogP contribution in [0.15, 0.2) is 24.5 Å². The molecule has 5 heteroatoms. The first-order valence-corrected chi connectivity index (χ1v) is 7.33. The number of hydrogen-bond acceptors (Lipinski definition) is 4. The Bertz CT molecular complexity index is 610. The molecule has 3 rings (SSSR count). The number of pyridine rings is 1. The zero-order valence-corrected chi connectivity index (χ0v) is 12.7. The van der Waals surface area contributed by atoms with Crippen LogP contribution in [0, 0.1) is 13.8 Å². The van der Waals surface area contributed by atoms with Crippen molar-refractivity contribution in [2.75, 3.05) is 13.7 Å². The number of ether oxygens (including phenoxy) is 2. The van der Waals surface area contributed by atoms with Crippen LogP contribution < -0.4 is 4.74 Å². The van der Waals surface area contributed by atoms with Crippen molar-refractivity contribution in [3.8, 4) is 5.88 Å². The molecule has 0 radical (unpaired) electrons. The summed E-state index contributed by atoms with van der Waals surface area (Å²) in [5.74, 6) is 0.663. The molecular formula is C16H21N3O2. The lowest BCUT2D eigenvalue weighted by atomic mass is 9.93. The molecular weight excluding hydrogens is 266 g/mol. The highest BCUT2D eigenvalue weighted by molar-refractivity contribution is 5.38. The molecule has 112 valence electrons. The number of nitrogens with zero attached hydrogens (tertiary/aromatic N) is 3. The fraction of sp³-hybridized carbons (Fsp3) is 0.500. The van der Waals surface area contributed by atoms with Crippen LogP contribution in [0.3, 0.4) is 0 Å². The predicted octanol–water partition coefficient (Wildman–Crippen LogP) is 3.00. The maximum Gasteiger partial charge on any atom is 0.219 e. The third-order valence-corrected chi connectivity index (χ3v) is 3.99. The number of methoxy groups -OCH3 is 1. The molecule has 2 aromatic heterocycles. The van der Waals surface area contributed by atoms with Crippen molar-refractivity contribution in [3.05, 3.63) is 41.3 Å². The van der Waals surface area contributed by atoms with Crippen LogP contribution in [0.5, 0.6) is 5.88 Å². The van der Waals surface area contributed by atoms with E-state index in [9.17, 15) is 0 Å². The van der Waals surface area contributed by atoms with Gasteiger partial charge in [-0.3, -0.25) is 4.68 Å². The number of aryl methyl sites for hydroxylation is 2. The van der Waals surface area contributed by atoms with Gasteiger partial charge in [0, 0.05) is 30.3 Å². The van der Waals surface area contributed by atoms with E-state index in [0.29, 0.717) is 5.88 Å². The monoisotopic (exact) mass is 287 g/mol. The maximum absolute atomic E-state index is 6.08. The molecule has 0 spiro atoms. The summed E-state index contributed by atoms with van der Waals surface area (Å²) >= 11 is 0. The Morgan fingerprint density at radius 2 is 2.24 bits per heavy atom. The SMILES string of the molecule is COc1nc(C)cc(C)c1C1OCCCC1n1cccn1. The fourth-order valence-electron chi connectivity index (χ4n) is 3.10. The van der Waals surface area contributed by atoms with Gasteiger partial charge in [-0.05, 0) is 44.4 Å². The molecule has 0 aliphatic carbocycles. The lowest BCUT2D eigenvalue weighted by Crippen LogP contribution is -2.27. The molecule has 2 atom stereocenters. The Morgan fingerprint density at radius 3 is 2.95 bits per heavy atom. The molecule has 5 nitrogen and oxygen atoms in total. The van der Waals surface area contributed by atoms with E-state index in [1.54, 1.807) is 7.11 Å². The summed E-state index contributed by atoms with van der Waals surface area (Å²) in [6.45, 7) is 4.83. The van der Waals surface area contributed by atoms with Gasteiger partial charge in [0.15, 0.2) is 0 Å². The summed E-state index contributed by atoms with van der Waals surface area (Å²) in [6.07, 6.45) is 5.82. The largest absolute Gasteiger partial charge is 0.481 e. The highest BCUT2D eigenvalue weighted by Crippen LogP contribution is 2.41. The van der Waals surface area contributed by atoms with Crippen molar-refractivity contribution < 1.29 is 9.47 Å². The van der Waals surface area contributed by atoms with Gasteiger partial charge in [-0.25, -0.2) is 4.98 Å². The minimum Gasteiger partial charge on any atom is -0.481 e. The van der Waals surface area contributed by atoms with Crippen LogP contribution >= 0.6 is 0 Å². The second kappa shape index (κ2) is 5.85. The van der Waals surface area contributed by atoms with E-state index < -0.39 is 0 Å². The van der Waals surface area contributed by atoms with Gasteiger partial charge in [0.2, 0.25) is 5.88 Å². The van der Waals surface area contributed by atoms with Crippen LogP contribution in [-0.2, 0) is 4.74 Å². The average molecular weight is 287 g/mol. The lowest BCUT2D eigenvalue weighted by molar-refractivity contribution is -0.0282. The zero-order valence-electron chi connectivity index (χ0n) is 12.7. The van der Waals surface area contributed by atoms with Gasteiger partial charge in [0.05, 0.1) is 13.2 Å². The number of rotatable bonds is 3. The summed E-state index contributed by atoms with van der Waals surface area (Å²) in [5.41, 5.74) is 3.16. The van der Waals surface area contributed by atoms with Crippen molar-refractivity contribution in [1.29, 1.82) is 0 Å². The summed E-state index contributed by atoms with van der Waals surface area (Å²) in [4.78, 5) is 4.51. The lowest BCUT2D eigenvalue weighted by Gasteiger charge is -2.33. The van der Waals surface area contributed by atoms with Crippen LogP contribution in [-0.4, -0.2) is 28.5 Å². The minimum absolute atomic E-state index is 0.0679. The third kappa shape index (κ3) is 2.65. The van der Waals surface area contributed by atoms with Gasteiger partial charge in [-0.2, -0.15) is 5.10 Å². The summed E-state index contributed by atoms with van der Waals surface area (Å²) in [5, 5.41) is 4.39. The third-order valence-electron chi connectivity index (χ3n) is 3.99. The van der Waals surface area contributed by atoms with Gasteiger partial charge in [-0.15, -0.1) is 0 Å². The van der Waals surface area contributed by atoms with Gasteiger partial charge < -0.3 is 9.47 Å². The molecule has 0 bridgehead atoms. The molecule has 1 fully saturated rings. The molecule has 1 aliphatic rings. The molecule has 2 unspecified atom stereocenters. The van der Waals surface area contributed by atoms with Crippen LogP contribution in [0.1, 0.15) is 41.8 Å². The predicted molar refractivity (Wildman–Crippen MR) is 79.5 cm³/mol. The van der Waals surface area contributed by atoms with E-state index in [1.165, 1.54) is 0 Å². The Labute approximate surface area is 124 Å². The Balaban J connectivity index is 2.04. The summed E-state index contributed by atoms with van der Waals surface area (Å²) in [7, 11) is 1.66. The Morgan fingerprint density at radius 1 is 1.38 bits per heavy atom. The van der Waals surface area contributed by atoms with Crippen LogP contribution in [0.25, 0.3) is 0 Å². The minimum atomic E-state index is -0.0679. The summed E-state index contributed by atoms with van der Waals surface area (Å²) in [6, 6.07) is 4.21. The summed E-state index contributed by atoms with van der Waals surface area (Å²) < 4.78 is 13.6. The van der Waals surface area contributed by atoms with Gasteiger partial charge >= 0.3 is 0 Å². The first-order valence-electron chi connectivity index (χ1n) is 7.33. The highest BCUT2D eigenvalue weighted by atomic mass is 16.5. The highest BCUT2D eigenvalue weighted by Gasteiger charge is 2.33. The molecule has 0 aromatic carbocycles. The van der Waals surface area contributed by atoms with E-state index in [2.05, 4.69) is 23.1 Å². The molecule has 2 aromatic rings.